The number of nitrogens with zero attached hydrogens (tertiary/aromatic N) is 2. The van der Waals surface area contributed by atoms with E-state index < -0.39 is 10.2 Å². The largest absolute Gasteiger partial charge is 0.312 e. The third-order valence-electron chi connectivity index (χ3n) is 3.38. The highest BCUT2D eigenvalue weighted by atomic mass is 35.5. The summed E-state index contributed by atoms with van der Waals surface area (Å²) < 4.78 is 26.9. The van der Waals surface area contributed by atoms with Crippen LogP contribution in [0, 0.1) is 5.92 Å². The Morgan fingerprint density at radius 3 is 2.52 bits per heavy atom. The van der Waals surface area contributed by atoms with Crippen molar-refractivity contribution in [3.05, 3.63) is 29.3 Å². The molecule has 1 aliphatic rings. The van der Waals surface area contributed by atoms with Crippen molar-refractivity contribution >= 4 is 33.4 Å². The average Bonchev–Trinajstić information content (AvgIpc) is 2.79. The van der Waals surface area contributed by atoms with Gasteiger partial charge in [-0.3, -0.25) is 4.79 Å². The van der Waals surface area contributed by atoms with Gasteiger partial charge in [-0.15, -0.1) is 0 Å². The van der Waals surface area contributed by atoms with Gasteiger partial charge in [0.25, 0.3) is 10.2 Å². The predicted octanol–water partition coefficient (Wildman–Crippen LogP) is 1.09. The van der Waals surface area contributed by atoms with Crippen molar-refractivity contribution in [2.45, 2.75) is 6.42 Å². The lowest BCUT2D eigenvalue weighted by molar-refractivity contribution is -0.117. The summed E-state index contributed by atoms with van der Waals surface area (Å²) in [5.74, 6) is -0.0470. The second-order valence-electron chi connectivity index (χ2n) is 5.19. The highest BCUT2D eigenvalue weighted by molar-refractivity contribution is 7.87. The van der Waals surface area contributed by atoms with Crippen LogP contribution in [-0.2, 0) is 15.0 Å². The minimum atomic E-state index is -3.45. The van der Waals surface area contributed by atoms with E-state index in [0.717, 1.165) is 9.99 Å². The van der Waals surface area contributed by atoms with E-state index in [4.69, 9.17) is 11.6 Å². The molecule has 0 saturated carbocycles. The summed E-state index contributed by atoms with van der Waals surface area (Å²) in [6.07, 6.45) is 0.332. The van der Waals surface area contributed by atoms with Crippen LogP contribution in [0.25, 0.3) is 0 Å². The Kier molecular flexibility index (Phi) is 4.88. The second-order valence-corrected chi connectivity index (χ2v) is 7.59. The molecule has 6 nitrogen and oxygen atoms in total. The number of carbonyl (C=O) groups is 1. The Labute approximate surface area is 129 Å². The third-order valence-corrected chi connectivity index (χ3v) is 5.12. The van der Waals surface area contributed by atoms with Gasteiger partial charge in [0, 0.05) is 44.3 Å². The van der Waals surface area contributed by atoms with E-state index in [1.807, 2.05) is 0 Å². The van der Waals surface area contributed by atoms with E-state index in [9.17, 15) is 13.2 Å². The van der Waals surface area contributed by atoms with Gasteiger partial charge in [-0.05, 0) is 30.2 Å². The SMILES string of the molecule is CN(C)S(=O)(=O)NC[C@H]1CC(=O)N(c2ccc(Cl)cc2)C1. The Bertz CT molecular complexity index is 616. The molecule has 0 aliphatic carbocycles. The van der Waals surface area contributed by atoms with E-state index in [1.165, 1.54) is 14.1 Å². The summed E-state index contributed by atoms with van der Waals surface area (Å²) in [6.45, 7) is 0.743. The lowest BCUT2D eigenvalue weighted by Gasteiger charge is -2.18. The fourth-order valence-corrected chi connectivity index (χ4v) is 2.97. The van der Waals surface area contributed by atoms with Crippen molar-refractivity contribution in [3.63, 3.8) is 0 Å². The minimum absolute atomic E-state index is 0.00799. The number of nitrogens with one attached hydrogen (secondary N) is 1. The molecule has 0 spiro atoms. The molecule has 21 heavy (non-hydrogen) atoms. The van der Waals surface area contributed by atoms with Crippen LogP contribution in [0.2, 0.25) is 5.02 Å². The van der Waals surface area contributed by atoms with Gasteiger partial charge in [0.2, 0.25) is 5.91 Å². The maximum atomic E-state index is 12.0. The molecule has 1 aliphatic heterocycles. The monoisotopic (exact) mass is 331 g/mol. The molecule has 0 aromatic heterocycles. The summed E-state index contributed by atoms with van der Waals surface area (Å²) >= 11 is 5.83. The van der Waals surface area contributed by atoms with Crippen LogP contribution < -0.4 is 9.62 Å². The average molecular weight is 332 g/mol. The summed E-state index contributed by atoms with van der Waals surface area (Å²) in [5, 5.41) is 0.612. The molecule has 1 saturated heterocycles. The summed E-state index contributed by atoms with van der Waals surface area (Å²) in [7, 11) is -0.534. The maximum absolute atomic E-state index is 12.0. The predicted molar refractivity (Wildman–Crippen MR) is 82.5 cm³/mol. The molecular formula is C13H18ClN3O3S. The van der Waals surface area contributed by atoms with Gasteiger partial charge in [0.1, 0.15) is 0 Å². The number of halogens is 1. The molecule has 1 atom stereocenters. The first-order chi connectivity index (χ1) is 9.79. The van der Waals surface area contributed by atoms with Crippen molar-refractivity contribution in [1.29, 1.82) is 0 Å². The molecule has 1 aromatic carbocycles. The minimum Gasteiger partial charge on any atom is -0.312 e. The Balaban J connectivity index is 1.98. The van der Waals surface area contributed by atoms with Crippen molar-refractivity contribution in [3.8, 4) is 0 Å². The van der Waals surface area contributed by atoms with Crippen molar-refractivity contribution in [2.24, 2.45) is 5.92 Å². The number of hydrogen-bond acceptors (Lipinski definition) is 3. The van der Waals surface area contributed by atoms with Crippen molar-refractivity contribution < 1.29 is 13.2 Å². The molecule has 1 aromatic rings. The van der Waals surface area contributed by atoms with Gasteiger partial charge in [-0.2, -0.15) is 12.7 Å². The lowest BCUT2D eigenvalue weighted by Crippen LogP contribution is -2.38. The number of amides is 1. The van der Waals surface area contributed by atoms with Gasteiger partial charge >= 0.3 is 0 Å². The second kappa shape index (κ2) is 6.31. The Morgan fingerprint density at radius 1 is 1.33 bits per heavy atom. The van der Waals surface area contributed by atoms with Gasteiger partial charge < -0.3 is 4.90 Å². The first-order valence-electron chi connectivity index (χ1n) is 6.52. The molecule has 2 rings (SSSR count). The zero-order chi connectivity index (χ0) is 15.6. The molecule has 1 N–H and O–H groups in total. The number of rotatable bonds is 5. The summed E-state index contributed by atoms with van der Waals surface area (Å²) in [4.78, 5) is 13.7. The molecule has 116 valence electrons. The Hall–Kier alpha value is -1.15. The van der Waals surface area contributed by atoms with Crippen LogP contribution in [0.4, 0.5) is 5.69 Å². The smallest absolute Gasteiger partial charge is 0.278 e. The maximum Gasteiger partial charge on any atom is 0.278 e. The van der Waals surface area contributed by atoms with Gasteiger partial charge in [0.15, 0.2) is 0 Å². The molecule has 1 heterocycles. The first kappa shape index (κ1) is 16.2. The quantitative estimate of drug-likeness (QED) is 0.878. The highest BCUT2D eigenvalue weighted by Gasteiger charge is 2.31. The number of anilines is 1. The number of carbonyl (C=O) groups excluding carboxylic acids is 1. The van der Waals surface area contributed by atoms with E-state index in [0.29, 0.717) is 18.0 Å². The van der Waals surface area contributed by atoms with E-state index in [-0.39, 0.29) is 18.4 Å². The Morgan fingerprint density at radius 2 is 1.95 bits per heavy atom. The van der Waals surface area contributed by atoms with Crippen LogP contribution in [0.1, 0.15) is 6.42 Å². The fourth-order valence-electron chi connectivity index (χ4n) is 2.14. The van der Waals surface area contributed by atoms with Crippen LogP contribution >= 0.6 is 11.6 Å². The molecular weight excluding hydrogens is 314 g/mol. The normalized spacial score (nSPS) is 19.5. The van der Waals surface area contributed by atoms with Crippen LogP contribution in [-0.4, -0.2) is 45.8 Å². The fraction of sp³-hybridized carbons (Fsp3) is 0.462. The molecule has 0 bridgehead atoms. The molecule has 8 heteroatoms. The lowest BCUT2D eigenvalue weighted by atomic mass is 10.1. The molecule has 1 amide bonds. The van der Waals surface area contributed by atoms with Crippen LogP contribution in [0.3, 0.4) is 0 Å². The van der Waals surface area contributed by atoms with Crippen LogP contribution in [0.5, 0.6) is 0 Å². The van der Waals surface area contributed by atoms with Gasteiger partial charge in [0.05, 0.1) is 0 Å². The standard InChI is InChI=1S/C13H18ClN3O3S/c1-16(2)21(19,20)15-8-10-7-13(18)17(9-10)12-5-3-11(14)4-6-12/h3-6,10,15H,7-9H2,1-2H3/t10-/m1/s1. The number of hydrogen-bond donors (Lipinski definition) is 1. The summed E-state index contributed by atoms with van der Waals surface area (Å²) in [5.41, 5.74) is 0.780. The van der Waals surface area contributed by atoms with Crippen molar-refractivity contribution in [2.75, 3.05) is 32.1 Å². The topological polar surface area (TPSA) is 69.7 Å². The number of benzene rings is 1. The third kappa shape index (κ3) is 3.94. The van der Waals surface area contributed by atoms with Crippen molar-refractivity contribution in [1.82, 2.24) is 9.03 Å². The molecule has 0 radical (unpaired) electrons. The summed E-state index contributed by atoms with van der Waals surface area (Å²) in [6, 6.07) is 7.03. The zero-order valence-electron chi connectivity index (χ0n) is 11.9. The van der Waals surface area contributed by atoms with Crippen LogP contribution in [0.15, 0.2) is 24.3 Å². The highest BCUT2D eigenvalue weighted by Crippen LogP contribution is 2.26. The van der Waals surface area contributed by atoms with E-state index >= 15 is 0 Å². The zero-order valence-corrected chi connectivity index (χ0v) is 13.5. The van der Waals surface area contributed by atoms with Gasteiger partial charge in [-0.25, -0.2) is 4.72 Å². The first-order valence-corrected chi connectivity index (χ1v) is 8.34. The molecule has 1 fully saturated rings. The molecule has 0 unspecified atom stereocenters. The van der Waals surface area contributed by atoms with E-state index in [1.54, 1.807) is 29.2 Å². The van der Waals surface area contributed by atoms with Gasteiger partial charge in [-0.1, -0.05) is 11.6 Å². The van der Waals surface area contributed by atoms with E-state index in [2.05, 4.69) is 4.72 Å².